The first-order valence-corrected chi connectivity index (χ1v) is 6.00. The summed E-state index contributed by atoms with van der Waals surface area (Å²) in [5.74, 6) is 1.34. The maximum atomic E-state index is 11.6. The summed E-state index contributed by atoms with van der Waals surface area (Å²) < 4.78 is 11.6. The highest BCUT2D eigenvalue weighted by molar-refractivity contribution is 7.85. The smallest absolute Gasteiger partial charge is 0.0468 e. The van der Waals surface area contributed by atoms with Crippen molar-refractivity contribution in [2.24, 2.45) is 11.7 Å². The van der Waals surface area contributed by atoms with Crippen molar-refractivity contribution < 1.29 is 4.21 Å². The minimum Gasteiger partial charge on any atom is -0.327 e. The zero-order valence-electron chi connectivity index (χ0n) is 8.54. The summed E-state index contributed by atoms with van der Waals surface area (Å²) in [6.45, 7) is 8.13. The second-order valence-corrected chi connectivity index (χ2v) is 5.46. The fraction of sp³-hybridized carbons (Fsp3) is 1.00. The van der Waals surface area contributed by atoms with Crippen LogP contribution in [0.1, 0.15) is 34.1 Å². The van der Waals surface area contributed by atoms with Gasteiger partial charge in [-0.3, -0.25) is 4.21 Å². The van der Waals surface area contributed by atoms with Crippen molar-refractivity contribution in [1.29, 1.82) is 0 Å². The van der Waals surface area contributed by atoms with Gasteiger partial charge >= 0.3 is 0 Å². The Morgan fingerprint density at radius 3 is 2.17 bits per heavy atom. The second-order valence-electron chi connectivity index (χ2n) is 3.63. The second kappa shape index (κ2) is 5.70. The molecule has 0 aromatic carbocycles. The Balaban J connectivity index is 3.87. The van der Waals surface area contributed by atoms with Gasteiger partial charge in [0.05, 0.1) is 0 Å². The van der Waals surface area contributed by atoms with E-state index in [2.05, 4.69) is 13.8 Å². The van der Waals surface area contributed by atoms with Crippen LogP contribution in [0.15, 0.2) is 0 Å². The lowest BCUT2D eigenvalue weighted by atomic mass is 10.2. The molecule has 0 aliphatic carbocycles. The van der Waals surface area contributed by atoms with E-state index < -0.39 is 10.8 Å². The van der Waals surface area contributed by atoms with Crippen LogP contribution in [0.2, 0.25) is 0 Å². The monoisotopic (exact) mass is 191 g/mol. The lowest BCUT2D eigenvalue weighted by Crippen LogP contribution is -2.34. The molecule has 0 saturated carbocycles. The van der Waals surface area contributed by atoms with Crippen LogP contribution in [0.25, 0.3) is 0 Å². The van der Waals surface area contributed by atoms with Crippen molar-refractivity contribution in [2.45, 2.75) is 45.4 Å². The Hall–Kier alpha value is 0.110. The molecule has 4 atom stereocenters. The maximum Gasteiger partial charge on any atom is 0.0468 e. The molecule has 0 aliphatic rings. The molecule has 0 amide bonds. The summed E-state index contributed by atoms with van der Waals surface area (Å²) >= 11 is 0. The molecule has 0 rings (SSSR count). The van der Waals surface area contributed by atoms with Crippen molar-refractivity contribution >= 4 is 10.8 Å². The van der Waals surface area contributed by atoms with E-state index >= 15 is 0 Å². The van der Waals surface area contributed by atoms with E-state index in [0.717, 1.165) is 12.2 Å². The van der Waals surface area contributed by atoms with Crippen molar-refractivity contribution in [2.75, 3.05) is 5.75 Å². The third kappa shape index (κ3) is 4.21. The van der Waals surface area contributed by atoms with E-state index in [1.165, 1.54) is 0 Å². The molecule has 0 spiro atoms. The van der Waals surface area contributed by atoms with Crippen LogP contribution in [0.3, 0.4) is 0 Å². The van der Waals surface area contributed by atoms with Crippen LogP contribution in [0, 0.1) is 5.92 Å². The molecule has 12 heavy (non-hydrogen) atoms. The van der Waals surface area contributed by atoms with Gasteiger partial charge in [-0.25, -0.2) is 0 Å². The van der Waals surface area contributed by atoms with Crippen molar-refractivity contribution in [3.8, 4) is 0 Å². The molecule has 0 aliphatic heterocycles. The van der Waals surface area contributed by atoms with Crippen molar-refractivity contribution in [1.82, 2.24) is 0 Å². The molecule has 74 valence electrons. The van der Waals surface area contributed by atoms with Gasteiger partial charge in [0.2, 0.25) is 0 Å². The quantitative estimate of drug-likeness (QED) is 0.716. The van der Waals surface area contributed by atoms with Crippen LogP contribution >= 0.6 is 0 Å². The molecular weight excluding hydrogens is 170 g/mol. The molecule has 3 heteroatoms. The van der Waals surface area contributed by atoms with Gasteiger partial charge in [0, 0.05) is 27.8 Å². The molecule has 0 aromatic heterocycles. The van der Waals surface area contributed by atoms with Gasteiger partial charge in [-0.05, 0) is 19.8 Å². The van der Waals surface area contributed by atoms with Crippen molar-refractivity contribution in [3.63, 3.8) is 0 Å². The summed E-state index contributed by atoms with van der Waals surface area (Å²) in [6.07, 6.45) is 1.09. The maximum absolute atomic E-state index is 11.6. The average molecular weight is 191 g/mol. The van der Waals surface area contributed by atoms with Gasteiger partial charge < -0.3 is 5.73 Å². The van der Waals surface area contributed by atoms with Gasteiger partial charge in [-0.2, -0.15) is 0 Å². The molecule has 2 N–H and O–H groups in total. The zero-order valence-corrected chi connectivity index (χ0v) is 9.36. The Morgan fingerprint density at radius 1 is 1.33 bits per heavy atom. The normalized spacial score (nSPS) is 21.4. The van der Waals surface area contributed by atoms with Gasteiger partial charge in [-0.1, -0.05) is 20.3 Å². The fourth-order valence-electron chi connectivity index (χ4n) is 0.789. The Morgan fingerprint density at radius 2 is 1.83 bits per heavy atom. The van der Waals surface area contributed by atoms with E-state index in [4.69, 9.17) is 5.73 Å². The molecule has 0 fully saturated rings. The number of nitrogens with two attached hydrogens (primary N) is 1. The van der Waals surface area contributed by atoms with Gasteiger partial charge in [0.25, 0.3) is 0 Å². The highest BCUT2D eigenvalue weighted by Gasteiger charge is 2.16. The number of hydrogen-bond acceptors (Lipinski definition) is 2. The van der Waals surface area contributed by atoms with Gasteiger partial charge in [0.1, 0.15) is 0 Å². The molecular formula is C9H21NOS. The van der Waals surface area contributed by atoms with Crippen LogP contribution < -0.4 is 5.73 Å². The lowest BCUT2D eigenvalue weighted by molar-refractivity contribution is 0.601. The van der Waals surface area contributed by atoms with Crippen LogP contribution in [-0.2, 0) is 10.8 Å². The topological polar surface area (TPSA) is 43.1 Å². The Bertz CT molecular complexity index is 147. The molecule has 4 unspecified atom stereocenters. The highest BCUT2D eigenvalue weighted by Crippen LogP contribution is 2.08. The molecule has 0 saturated heterocycles. The average Bonchev–Trinajstić information content (AvgIpc) is 2.02. The lowest BCUT2D eigenvalue weighted by Gasteiger charge is -2.17. The summed E-state index contributed by atoms with van der Waals surface area (Å²) in [6, 6.07) is 0.0369. The predicted molar refractivity (Wildman–Crippen MR) is 55.6 cm³/mol. The summed E-state index contributed by atoms with van der Waals surface area (Å²) in [5, 5.41) is 0.124. The third-order valence-corrected chi connectivity index (χ3v) is 4.46. The first-order chi connectivity index (χ1) is 5.49. The Kier molecular flexibility index (Phi) is 5.76. The molecule has 0 bridgehead atoms. The number of rotatable bonds is 5. The SMILES string of the molecule is CCC(C)CS(=O)C(C)C(C)N. The molecule has 0 heterocycles. The summed E-state index contributed by atoms with van der Waals surface area (Å²) in [4.78, 5) is 0. The number of hydrogen-bond donors (Lipinski definition) is 1. The van der Waals surface area contributed by atoms with E-state index in [1.807, 2.05) is 13.8 Å². The summed E-state index contributed by atoms with van der Waals surface area (Å²) in [7, 11) is -0.750. The van der Waals surface area contributed by atoms with Gasteiger partial charge in [-0.15, -0.1) is 0 Å². The third-order valence-electron chi connectivity index (χ3n) is 2.30. The Labute approximate surface area is 78.4 Å². The molecule has 0 aromatic rings. The van der Waals surface area contributed by atoms with Crippen LogP contribution in [0.4, 0.5) is 0 Å². The predicted octanol–water partition coefficient (Wildman–Crippen LogP) is 1.52. The molecule has 2 nitrogen and oxygen atoms in total. The van der Waals surface area contributed by atoms with Crippen LogP contribution in [-0.4, -0.2) is 21.3 Å². The first kappa shape index (κ1) is 12.1. The summed E-state index contributed by atoms with van der Waals surface area (Å²) in [5.41, 5.74) is 5.66. The minimum atomic E-state index is -0.750. The van der Waals surface area contributed by atoms with E-state index in [-0.39, 0.29) is 11.3 Å². The largest absolute Gasteiger partial charge is 0.327 e. The fourth-order valence-corrected chi connectivity index (χ4v) is 2.37. The minimum absolute atomic E-state index is 0.0369. The highest BCUT2D eigenvalue weighted by atomic mass is 32.2. The first-order valence-electron chi connectivity index (χ1n) is 4.61. The zero-order chi connectivity index (χ0) is 9.72. The standard InChI is InChI=1S/C9H21NOS/c1-5-7(2)6-12(11)9(4)8(3)10/h7-9H,5-6,10H2,1-4H3. The van der Waals surface area contributed by atoms with E-state index in [0.29, 0.717) is 5.92 Å². The van der Waals surface area contributed by atoms with Crippen molar-refractivity contribution in [3.05, 3.63) is 0 Å². The van der Waals surface area contributed by atoms with E-state index in [1.54, 1.807) is 0 Å². The van der Waals surface area contributed by atoms with Gasteiger partial charge in [0.15, 0.2) is 0 Å². The molecule has 0 radical (unpaired) electrons. The van der Waals surface area contributed by atoms with Crippen LogP contribution in [0.5, 0.6) is 0 Å². The van der Waals surface area contributed by atoms with E-state index in [9.17, 15) is 4.21 Å².